The minimum Gasteiger partial charge on any atom is -0.394 e. The molecular formula is C16H30O5. The summed E-state index contributed by atoms with van der Waals surface area (Å²) in [5.74, 6) is 0. The molecule has 0 saturated carbocycles. The molecule has 1 aliphatic rings. The highest BCUT2D eigenvalue weighted by Gasteiger charge is 2.40. The molecule has 0 amide bonds. The molecule has 0 bridgehead atoms. The van der Waals surface area contributed by atoms with Crippen molar-refractivity contribution in [1.82, 2.24) is 0 Å². The van der Waals surface area contributed by atoms with Gasteiger partial charge >= 0.3 is 0 Å². The summed E-state index contributed by atoms with van der Waals surface area (Å²) in [5.41, 5.74) is 0. The predicted molar refractivity (Wildman–Crippen MR) is 81.1 cm³/mol. The van der Waals surface area contributed by atoms with Gasteiger partial charge in [0.25, 0.3) is 0 Å². The Kier molecular flexibility index (Phi) is 9.87. The third kappa shape index (κ3) is 6.89. The lowest BCUT2D eigenvalue weighted by Gasteiger charge is -2.24. The summed E-state index contributed by atoms with van der Waals surface area (Å²) in [5, 5.41) is 28.4. The molecule has 3 N–H and O–H groups in total. The molecule has 4 atom stereocenters. The molecule has 1 rings (SSSR count). The lowest BCUT2D eigenvalue weighted by molar-refractivity contribution is -0.0996. The van der Waals surface area contributed by atoms with Crippen LogP contribution in [0.1, 0.15) is 45.4 Å². The van der Waals surface area contributed by atoms with Crippen LogP contribution < -0.4 is 0 Å². The standard InChI is InChI=1S/C16H30O5/c1-2-3-4-5-6-7-8-9-10-20-14(11-17)16-15(19)13(18)12-21-16/h7-8,13-19H,2-6,9-12H2,1H3/b8-7+/t13-,14+,15-,16-/m1/s1. The van der Waals surface area contributed by atoms with Crippen molar-refractivity contribution in [2.45, 2.75) is 69.9 Å². The van der Waals surface area contributed by atoms with Crippen molar-refractivity contribution in [3.05, 3.63) is 12.2 Å². The highest BCUT2D eigenvalue weighted by molar-refractivity contribution is 4.89. The van der Waals surface area contributed by atoms with Crippen LogP contribution in [0.15, 0.2) is 12.2 Å². The van der Waals surface area contributed by atoms with Gasteiger partial charge in [-0.25, -0.2) is 0 Å². The molecular weight excluding hydrogens is 272 g/mol. The average Bonchev–Trinajstić information content (AvgIpc) is 2.82. The molecule has 1 aliphatic heterocycles. The van der Waals surface area contributed by atoms with Crippen molar-refractivity contribution < 1.29 is 24.8 Å². The third-order valence-corrected chi connectivity index (χ3v) is 3.74. The van der Waals surface area contributed by atoms with E-state index in [1.165, 1.54) is 25.7 Å². The van der Waals surface area contributed by atoms with Gasteiger partial charge in [-0.3, -0.25) is 0 Å². The quantitative estimate of drug-likeness (QED) is 0.397. The number of ether oxygens (including phenoxy) is 2. The van der Waals surface area contributed by atoms with Crippen molar-refractivity contribution in [2.75, 3.05) is 19.8 Å². The molecule has 124 valence electrons. The van der Waals surface area contributed by atoms with Gasteiger partial charge in [0.05, 0.1) is 19.8 Å². The second kappa shape index (κ2) is 11.2. The van der Waals surface area contributed by atoms with E-state index in [0.29, 0.717) is 6.61 Å². The second-order valence-electron chi connectivity index (χ2n) is 5.56. The maximum Gasteiger partial charge on any atom is 0.114 e. The van der Waals surface area contributed by atoms with E-state index in [-0.39, 0.29) is 13.2 Å². The molecule has 0 aliphatic carbocycles. The van der Waals surface area contributed by atoms with Crippen LogP contribution in [-0.2, 0) is 9.47 Å². The van der Waals surface area contributed by atoms with Crippen LogP contribution in [0.25, 0.3) is 0 Å². The smallest absolute Gasteiger partial charge is 0.114 e. The number of aliphatic hydroxyl groups excluding tert-OH is 3. The fraction of sp³-hybridized carbons (Fsp3) is 0.875. The van der Waals surface area contributed by atoms with Crippen LogP contribution in [0.3, 0.4) is 0 Å². The summed E-state index contributed by atoms with van der Waals surface area (Å²) >= 11 is 0. The average molecular weight is 302 g/mol. The Labute approximate surface area is 127 Å². The van der Waals surface area contributed by atoms with Crippen LogP contribution in [0.4, 0.5) is 0 Å². The van der Waals surface area contributed by atoms with Gasteiger partial charge in [0.15, 0.2) is 0 Å². The predicted octanol–water partition coefficient (Wildman–Crippen LogP) is 1.40. The van der Waals surface area contributed by atoms with Crippen molar-refractivity contribution in [3.63, 3.8) is 0 Å². The molecule has 1 heterocycles. The van der Waals surface area contributed by atoms with Crippen LogP contribution in [-0.4, -0.2) is 59.6 Å². The monoisotopic (exact) mass is 302 g/mol. The number of allylic oxidation sites excluding steroid dienone is 1. The van der Waals surface area contributed by atoms with E-state index < -0.39 is 24.4 Å². The van der Waals surface area contributed by atoms with Crippen molar-refractivity contribution in [2.24, 2.45) is 0 Å². The number of rotatable bonds is 11. The molecule has 0 spiro atoms. The third-order valence-electron chi connectivity index (χ3n) is 3.74. The highest BCUT2D eigenvalue weighted by atomic mass is 16.6. The minimum atomic E-state index is -0.990. The molecule has 5 heteroatoms. The lowest BCUT2D eigenvalue weighted by atomic mass is 10.1. The molecule has 0 unspecified atom stereocenters. The van der Waals surface area contributed by atoms with Gasteiger partial charge < -0.3 is 24.8 Å². The van der Waals surface area contributed by atoms with E-state index in [4.69, 9.17) is 9.47 Å². The number of hydrogen-bond acceptors (Lipinski definition) is 5. The molecule has 0 aromatic carbocycles. The Hall–Kier alpha value is -0.460. The first-order valence-electron chi connectivity index (χ1n) is 8.05. The van der Waals surface area contributed by atoms with E-state index in [2.05, 4.69) is 19.1 Å². The normalized spacial score (nSPS) is 27.5. The maximum absolute atomic E-state index is 9.72. The summed E-state index contributed by atoms with van der Waals surface area (Å²) < 4.78 is 10.8. The Morgan fingerprint density at radius 1 is 1.19 bits per heavy atom. The molecule has 0 aromatic heterocycles. The Balaban J connectivity index is 2.11. The van der Waals surface area contributed by atoms with Gasteiger partial charge in [-0.1, -0.05) is 38.3 Å². The zero-order valence-corrected chi connectivity index (χ0v) is 13.0. The van der Waals surface area contributed by atoms with E-state index >= 15 is 0 Å². The summed E-state index contributed by atoms with van der Waals surface area (Å²) in [4.78, 5) is 0. The molecule has 1 fully saturated rings. The van der Waals surface area contributed by atoms with Gasteiger partial charge in [0.1, 0.15) is 24.4 Å². The first-order chi connectivity index (χ1) is 10.2. The summed E-state index contributed by atoms with van der Waals surface area (Å²) in [6.07, 6.45) is 8.06. The van der Waals surface area contributed by atoms with E-state index in [1.54, 1.807) is 0 Å². The zero-order chi connectivity index (χ0) is 15.5. The van der Waals surface area contributed by atoms with Crippen LogP contribution in [0, 0.1) is 0 Å². The minimum absolute atomic E-state index is 0.0867. The van der Waals surface area contributed by atoms with Gasteiger partial charge in [-0.2, -0.15) is 0 Å². The molecule has 21 heavy (non-hydrogen) atoms. The van der Waals surface area contributed by atoms with Crippen LogP contribution >= 0.6 is 0 Å². The molecule has 1 saturated heterocycles. The Morgan fingerprint density at radius 2 is 1.95 bits per heavy atom. The summed E-state index contributed by atoms with van der Waals surface area (Å²) in [6, 6.07) is 0. The van der Waals surface area contributed by atoms with Crippen LogP contribution in [0.5, 0.6) is 0 Å². The Morgan fingerprint density at radius 3 is 2.57 bits per heavy atom. The lowest BCUT2D eigenvalue weighted by Crippen LogP contribution is -2.42. The molecule has 5 nitrogen and oxygen atoms in total. The number of unbranched alkanes of at least 4 members (excludes halogenated alkanes) is 4. The van der Waals surface area contributed by atoms with E-state index in [9.17, 15) is 15.3 Å². The highest BCUT2D eigenvalue weighted by Crippen LogP contribution is 2.19. The van der Waals surface area contributed by atoms with Gasteiger partial charge in [0.2, 0.25) is 0 Å². The number of hydrogen-bond donors (Lipinski definition) is 3. The van der Waals surface area contributed by atoms with Crippen molar-refractivity contribution in [3.8, 4) is 0 Å². The molecule has 0 aromatic rings. The van der Waals surface area contributed by atoms with E-state index in [0.717, 1.165) is 12.8 Å². The van der Waals surface area contributed by atoms with E-state index in [1.807, 2.05) is 0 Å². The zero-order valence-electron chi connectivity index (χ0n) is 13.0. The first kappa shape index (κ1) is 18.6. The molecule has 0 radical (unpaired) electrons. The van der Waals surface area contributed by atoms with Crippen LogP contribution in [0.2, 0.25) is 0 Å². The topological polar surface area (TPSA) is 79.2 Å². The fourth-order valence-electron chi connectivity index (χ4n) is 2.42. The number of aliphatic hydroxyl groups is 3. The summed E-state index contributed by atoms with van der Waals surface area (Å²) in [7, 11) is 0. The van der Waals surface area contributed by atoms with Crippen molar-refractivity contribution >= 4 is 0 Å². The van der Waals surface area contributed by atoms with Gasteiger partial charge in [-0.05, 0) is 19.3 Å². The fourth-order valence-corrected chi connectivity index (χ4v) is 2.42. The summed E-state index contributed by atoms with van der Waals surface area (Å²) in [6.45, 7) is 2.53. The maximum atomic E-state index is 9.72. The van der Waals surface area contributed by atoms with Gasteiger partial charge in [-0.15, -0.1) is 0 Å². The second-order valence-corrected chi connectivity index (χ2v) is 5.56. The largest absolute Gasteiger partial charge is 0.394 e. The van der Waals surface area contributed by atoms with Gasteiger partial charge in [0, 0.05) is 0 Å². The van der Waals surface area contributed by atoms with Crippen molar-refractivity contribution in [1.29, 1.82) is 0 Å². The Bertz CT molecular complexity index is 282. The first-order valence-corrected chi connectivity index (χ1v) is 8.05. The SMILES string of the molecule is CCCCCC/C=C/CCO[C@@H](CO)[C@H]1OC[C@@H](O)[C@H]1O.